The van der Waals surface area contributed by atoms with Crippen LogP contribution in [0.4, 0.5) is 0 Å². The monoisotopic (exact) mass is 557 g/mol. The van der Waals surface area contributed by atoms with Crippen molar-refractivity contribution in [1.82, 2.24) is 20.5 Å². The summed E-state index contributed by atoms with van der Waals surface area (Å²) in [5, 5.41) is 15.8. The topological polar surface area (TPSA) is 227 Å². The molecule has 4 amide bonds. The minimum atomic E-state index is -1.21. The van der Waals surface area contributed by atoms with Gasteiger partial charge in [0.25, 0.3) is 0 Å². The van der Waals surface area contributed by atoms with Crippen LogP contribution in [0.2, 0.25) is 0 Å². The van der Waals surface area contributed by atoms with Crippen molar-refractivity contribution in [2.24, 2.45) is 17.2 Å². The SMILES string of the molecule is NCCCCC(N)C(=O)NC(Cc1c[nH]c2ccccc12)C(=O)NC(CCC(N)=O)C(=O)N1CCCC1C(=O)O. The second-order valence-electron chi connectivity index (χ2n) is 10.1. The van der Waals surface area contributed by atoms with Gasteiger partial charge in [0.1, 0.15) is 18.1 Å². The number of nitrogens with one attached hydrogen (secondary N) is 3. The highest BCUT2D eigenvalue weighted by atomic mass is 16.4. The molecule has 13 heteroatoms. The number of aliphatic carboxylic acids is 1. The Balaban J connectivity index is 1.83. The molecule has 0 radical (unpaired) electrons. The van der Waals surface area contributed by atoms with Crippen LogP contribution in [0.3, 0.4) is 0 Å². The van der Waals surface area contributed by atoms with Crippen LogP contribution in [0.15, 0.2) is 30.5 Å². The number of primary amides is 1. The number of unbranched alkanes of at least 4 members (excludes halogenated alkanes) is 1. The van der Waals surface area contributed by atoms with E-state index in [2.05, 4.69) is 15.6 Å². The number of likely N-dealkylation sites (tertiary alicyclic amines) is 1. The van der Waals surface area contributed by atoms with Crippen LogP contribution in [0.25, 0.3) is 10.9 Å². The number of aromatic nitrogens is 1. The maximum atomic E-state index is 13.6. The highest BCUT2D eigenvalue weighted by Gasteiger charge is 2.38. The first-order chi connectivity index (χ1) is 19.1. The third-order valence-corrected chi connectivity index (χ3v) is 7.15. The van der Waals surface area contributed by atoms with Crippen molar-refractivity contribution in [3.05, 3.63) is 36.0 Å². The van der Waals surface area contributed by atoms with Crippen LogP contribution in [-0.4, -0.2) is 81.8 Å². The van der Waals surface area contributed by atoms with Gasteiger partial charge in [-0.3, -0.25) is 19.2 Å². The molecule has 10 N–H and O–H groups in total. The summed E-state index contributed by atoms with van der Waals surface area (Å²) in [6, 6.07) is 3.29. The lowest BCUT2D eigenvalue weighted by Gasteiger charge is -2.29. The molecule has 1 aliphatic rings. The Kier molecular flexibility index (Phi) is 11.0. The Bertz CT molecular complexity index is 1210. The van der Waals surface area contributed by atoms with E-state index in [9.17, 15) is 29.1 Å². The van der Waals surface area contributed by atoms with Gasteiger partial charge in [-0.05, 0) is 50.3 Å². The molecule has 1 aromatic carbocycles. The number of hydrogen-bond acceptors (Lipinski definition) is 7. The van der Waals surface area contributed by atoms with Crippen LogP contribution in [-0.2, 0) is 30.4 Å². The molecule has 1 fully saturated rings. The Labute approximate surface area is 232 Å². The van der Waals surface area contributed by atoms with Crippen molar-refractivity contribution in [3.63, 3.8) is 0 Å². The molecule has 13 nitrogen and oxygen atoms in total. The number of aromatic amines is 1. The van der Waals surface area contributed by atoms with E-state index in [0.717, 1.165) is 16.5 Å². The van der Waals surface area contributed by atoms with E-state index in [1.807, 2.05) is 24.3 Å². The highest BCUT2D eigenvalue weighted by Crippen LogP contribution is 2.21. The maximum Gasteiger partial charge on any atom is 0.326 e. The van der Waals surface area contributed by atoms with Crippen molar-refractivity contribution in [2.75, 3.05) is 13.1 Å². The number of nitrogens with two attached hydrogens (primary N) is 3. The zero-order valence-electron chi connectivity index (χ0n) is 22.4. The third-order valence-electron chi connectivity index (χ3n) is 7.15. The summed E-state index contributed by atoms with van der Waals surface area (Å²) in [5.74, 6) is -3.62. The number of benzene rings is 1. The lowest BCUT2D eigenvalue weighted by Crippen LogP contribution is -2.57. The third kappa shape index (κ3) is 8.02. The van der Waals surface area contributed by atoms with Crippen molar-refractivity contribution in [3.8, 4) is 0 Å². The van der Waals surface area contributed by atoms with E-state index >= 15 is 0 Å². The molecule has 2 heterocycles. The minimum absolute atomic E-state index is 0.0926. The first kappa shape index (κ1) is 30.6. The number of nitrogens with zero attached hydrogens (tertiary/aromatic N) is 1. The van der Waals surface area contributed by atoms with E-state index < -0.39 is 53.8 Å². The van der Waals surface area contributed by atoms with Gasteiger partial charge in [0.2, 0.25) is 23.6 Å². The summed E-state index contributed by atoms with van der Waals surface area (Å²) >= 11 is 0. The largest absolute Gasteiger partial charge is 0.480 e. The molecular formula is C27H39N7O6. The first-order valence-electron chi connectivity index (χ1n) is 13.5. The van der Waals surface area contributed by atoms with Crippen LogP contribution < -0.4 is 27.8 Å². The number of fused-ring (bicyclic) bond motifs is 1. The van der Waals surface area contributed by atoms with E-state index in [1.54, 1.807) is 6.20 Å². The summed E-state index contributed by atoms with van der Waals surface area (Å²) in [6.07, 6.45) is 4.05. The van der Waals surface area contributed by atoms with Gasteiger partial charge >= 0.3 is 5.97 Å². The van der Waals surface area contributed by atoms with Crippen LogP contribution in [0.1, 0.15) is 50.5 Å². The van der Waals surface area contributed by atoms with Crippen molar-refractivity contribution in [1.29, 1.82) is 0 Å². The summed E-state index contributed by atoms with van der Waals surface area (Å²) in [6.45, 7) is 0.687. The molecule has 0 aliphatic carbocycles. The second kappa shape index (κ2) is 14.4. The molecule has 1 aromatic heterocycles. The van der Waals surface area contributed by atoms with Gasteiger partial charge in [0.05, 0.1) is 6.04 Å². The number of hydrogen-bond donors (Lipinski definition) is 7. The number of carbonyl (C=O) groups excluding carboxylic acids is 4. The van der Waals surface area contributed by atoms with E-state index in [0.29, 0.717) is 38.6 Å². The zero-order chi connectivity index (χ0) is 29.2. The van der Waals surface area contributed by atoms with Crippen molar-refractivity contribution in [2.45, 2.75) is 75.5 Å². The number of para-hydroxylation sites is 1. The summed E-state index contributed by atoms with van der Waals surface area (Å²) in [5.41, 5.74) is 18.5. The number of carboxylic acids is 1. The average Bonchev–Trinajstić information content (AvgIpc) is 3.58. The molecule has 0 spiro atoms. The van der Waals surface area contributed by atoms with Gasteiger partial charge in [0.15, 0.2) is 0 Å². The van der Waals surface area contributed by atoms with E-state index in [1.165, 1.54) is 4.90 Å². The molecule has 218 valence electrons. The van der Waals surface area contributed by atoms with Crippen LogP contribution >= 0.6 is 0 Å². The molecule has 2 aromatic rings. The van der Waals surface area contributed by atoms with Gasteiger partial charge in [-0.2, -0.15) is 0 Å². The first-order valence-corrected chi connectivity index (χ1v) is 13.5. The molecule has 0 saturated carbocycles. The number of H-pyrrole nitrogens is 1. The maximum absolute atomic E-state index is 13.6. The quantitative estimate of drug-likeness (QED) is 0.141. The van der Waals surface area contributed by atoms with Gasteiger partial charge in [0, 0.05) is 36.5 Å². The lowest BCUT2D eigenvalue weighted by molar-refractivity contribution is -0.149. The number of carbonyl (C=O) groups is 5. The summed E-state index contributed by atoms with van der Waals surface area (Å²) < 4.78 is 0. The molecule has 40 heavy (non-hydrogen) atoms. The Morgan fingerprint density at radius 1 is 1.05 bits per heavy atom. The van der Waals surface area contributed by atoms with Gasteiger partial charge in [-0.1, -0.05) is 24.6 Å². The molecule has 4 atom stereocenters. The highest BCUT2D eigenvalue weighted by molar-refractivity contribution is 5.95. The summed E-state index contributed by atoms with van der Waals surface area (Å²) in [4.78, 5) is 67.5. The molecule has 4 unspecified atom stereocenters. The second-order valence-corrected chi connectivity index (χ2v) is 10.1. The smallest absolute Gasteiger partial charge is 0.326 e. The molecule has 3 rings (SSSR count). The predicted molar refractivity (Wildman–Crippen MR) is 148 cm³/mol. The number of rotatable bonds is 15. The van der Waals surface area contributed by atoms with Gasteiger partial charge in [-0.25, -0.2) is 4.79 Å². The summed E-state index contributed by atoms with van der Waals surface area (Å²) in [7, 11) is 0. The standard InChI is InChI=1S/C27H39N7O6/c28-12-4-3-7-18(29)24(36)33-21(14-16-15-31-19-8-2-1-6-17(16)19)25(37)32-20(10-11-23(30)35)26(38)34-13-5-9-22(34)27(39)40/h1-2,6,8,15,18,20-22,31H,3-5,7,9-14,28-29H2,(H2,30,35)(H,32,37)(H,33,36)(H,39,40). The molecule has 1 saturated heterocycles. The van der Waals surface area contributed by atoms with E-state index in [-0.39, 0.29) is 25.8 Å². The Morgan fingerprint density at radius 2 is 1.77 bits per heavy atom. The molecule has 1 aliphatic heterocycles. The predicted octanol–water partition coefficient (Wildman–Crippen LogP) is -0.523. The Morgan fingerprint density at radius 3 is 2.48 bits per heavy atom. The van der Waals surface area contributed by atoms with Crippen molar-refractivity contribution >= 4 is 40.5 Å². The lowest BCUT2D eigenvalue weighted by atomic mass is 10.0. The number of amides is 4. The fraction of sp³-hybridized carbons (Fsp3) is 0.519. The fourth-order valence-corrected chi connectivity index (χ4v) is 4.95. The zero-order valence-corrected chi connectivity index (χ0v) is 22.4. The average molecular weight is 558 g/mol. The van der Waals surface area contributed by atoms with Crippen molar-refractivity contribution < 1.29 is 29.1 Å². The Hall–Kier alpha value is -3.97. The molecular weight excluding hydrogens is 518 g/mol. The molecule has 0 bridgehead atoms. The van der Waals surface area contributed by atoms with Gasteiger partial charge < -0.3 is 42.8 Å². The number of carboxylic acid groups (broad SMARTS) is 1. The van der Waals surface area contributed by atoms with Crippen LogP contribution in [0, 0.1) is 0 Å². The fourth-order valence-electron chi connectivity index (χ4n) is 4.95. The van der Waals surface area contributed by atoms with E-state index in [4.69, 9.17) is 17.2 Å². The van der Waals surface area contributed by atoms with Crippen LogP contribution in [0.5, 0.6) is 0 Å². The minimum Gasteiger partial charge on any atom is -0.480 e. The van der Waals surface area contributed by atoms with Gasteiger partial charge in [-0.15, -0.1) is 0 Å². The normalized spacial score (nSPS) is 17.2.